The molecule has 0 amide bonds. The molecule has 4 aromatic rings. The van der Waals surface area contributed by atoms with Crippen LogP contribution in [-0.2, 0) is 12.2 Å². The maximum atomic E-state index is 5.77. The molecule has 4 aromatic heterocycles. The highest BCUT2D eigenvalue weighted by Gasteiger charge is 2.15. The molecule has 0 unspecified atom stereocenters. The summed E-state index contributed by atoms with van der Waals surface area (Å²) in [6.07, 6.45) is 2.63. The van der Waals surface area contributed by atoms with E-state index in [0.29, 0.717) is 0 Å². The van der Waals surface area contributed by atoms with Crippen LogP contribution in [-0.4, -0.2) is 19.6 Å². The molecule has 0 saturated heterocycles. The van der Waals surface area contributed by atoms with Gasteiger partial charge in [-0.25, -0.2) is 0 Å². The van der Waals surface area contributed by atoms with Crippen molar-refractivity contribution in [3.8, 4) is 0 Å². The summed E-state index contributed by atoms with van der Waals surface area (Å²) in [7, 11) is 0. The Bertz CT molecular complexity index is 975. The minimum Gasteiger partial charge on any atom is -0.460 e. The molecule has 0 radical (unpaired) electrons. The van der Waals surface area contributed by atoms with Crippen LogP contribution in [0.25, 0.3) is 16.6 Å². The largest absolute Gasteiger partial charge is 0.460 e. The lowest BCUT2D eigenvalue weighted by Gasteiger charge is -2.06. The standard InChI is InChI=1S/C17H16N4OS/c1-3-16-19-20-17(23-10-12-6-4-5-7-18-12)14-9-15-13(21(14)16)8-11(2)22-15/h4-9H,3,10H2,1-2H3. The number of thioether (sulfide) groups is 1. The molecule has 0 aromatic carbocycles. The Hall–Kier alpha value is -2.34. The molecule has 0 aliphatic carbocycles. The van der Waals surface area contributed by atoms with Crippen LogP contribution >= 0.6 is 11.8 Å². The van der Waals surface area contributed by atoms with Crippen LogP contribution in [0.1, 0.15) is 24.2 Å². The van der Waals surface area contributed by atoms with Gasteiger partial charge in [-0.15, -0.1) is 10.2 Å². The van der Waals surface area contributed by atoms with Crippen LogP contribution in [0.3, 0.4) is 0 Å². The van der Waals surface area contributed by atoms with E-state index in [2.05, 4.69) is 38.6 Å². The summed E-state index contributed by atoms with van der Waals surface area (Å²) in [4.78, 5) is 4.36. The van der Waals surface area contributed by atoms with Crippen molar-refractivity contribution in [2.24, 2.45) is 0 Å². The zero-order valence-corrected chi connectivity index (χ0v) is 13.8. The summed E-state index contributed by atoms with van der Waals surface area (Å²) < 4.78 is 7.92. The summed E-state index contributed by atoms with van der Waals surface area (Å²) in [5.74, 6) is 2.62. The van der Waals surface area contributed by atoms with Crippen molar-refractivity contribution in [2.45, 2.75) is 31.0 Å². The van der Waals surface area contributed by atoms with Crippen molar-refractivity contribution in [3.63, 3.8) is 0 Å². The molecule has 4 rings (SSSR count). The molecule has 0 N–H and O–H groups in total. The first-order valence-corrected chi connectivity index (χ1v) is 8.54. The molecule has 0 aliphatic rings. The highest BCUT2D eigenvalue weighted by molar-refractivity contribution is 7.98. The van der Waals surface area contributed by atoms with Gasteiger partial charge in [0.1, 0.15) is 16.6 Å². The molecule has 116 valence electrons. The topological polar surface area (TPSA) is 56.2 Å². The number of rotatable bonds is 4. The quantitative estimate of drug-likeness (QED) is 0.530. The van der Waals surface area contributed by atoms with Gasteiger partial charge in [0.2, 0.25) is 0 Å². The number of aromatic nitrogens is 4. The number of furan rings is 1. The molecule has 5 nitrogen and oxygen atoms in total. The second kappa shape index (κ2) is 5.70. The second-order valence-electron chi connectivity index (χ2n) is 5.36. The lowest BCUT2D eigenvalue weighted by Crippen LogP contribution is -2.03. The SMILES string of the molecule is CCc1nnc(SCc2ccccn2)c2cc3oc(C)cc3n12. The lowest BCUT2D eigenvalue weighted by molar-refractivity contribution is 0.579. The highest BCUT2D eigenvalue weighted by Crippen LogP contribution is 2.31. The smallest absolute Gasteiger partial charge is 0.153 e. The van der Waals surface area contributed by atoms with Gasteiger partial charge in [-0.05, 0) is 19.1 Å². The first kappa shape index (κ1) is 14.3. The number of pyridine rings is 1. The zero-order chi connectivity index (χ0) is 15.8. The van der Waals surface area contributed by atoms with Crippen LogP contribution in [0.15, 0.2) is 46.0 Å². The Kier molecular flexibility index (Phi) is 3.53. The summed E-state index contributed by atoms with van der Waals surface area (Å²) in [6.45, 7) is 4.05. The third kappa shape index (κ3) is 2.49. The molecule has 6 heteroatoms. The van der Waals surface area contributed by atoms with Gasteiger partial charge in [-0.2, -0.15) is 0 Å². The van der Waals surface area contributed by atoms with Gasteiger partial charge >= 0.3 is 0 Å². The molecule has 0 aliphatic heterocycles. The fourth-order valence-corrected chi connectivity index (χ4v) is 3.56. The first-order valence-electron chi connectivity index (χ1n) is 7.56. The summed E-state index contributed by atoms with van der Waals surface area (Å²) in [5.41, 5.74) is 4.02. The monoisotopic (exact) mass is 324 g/mol. The number of fused-ring (bicyclic) bond motifs is 3. The predicted molar refractivity (Wildman–Crippen MR) is 90.7 cm³/mol. The number of nitrogens with zero attached hydrogens (tertiary/aromatic N) is 4. The Labute approximate surface area is 137 Å². The average Bonchev–Trinajstić information content (AvgIpc) is 3.10. The number of aryl methyl sites for hydroxylation is 2. The zero-order valence-electron chi connectivity index (χ0n) is 13.0. The third-order valence-corrected chi connectivity index (χ3v) is 4.75. The Balaban J connectivity index is 1.79. The van der Waals surface area contributed by atoms with E-state index >= 15 is 0 Å². The van der Waals surface area contributed by atoms with Crippen molar-refractivity contribution < 1.29 is 4.42 Å². The molecular formula is C17H16N4OS. The van der Waals surface area contributed by atoms with E-state index in [1.807, 2.05) is 31.3 Å². The van der Waals surface area contributed by atoms with Crippen LogP contribution < -0.4 is 0 Å². The van der Waals surface area contributed by atoms with Crippen LogP contribution in [0.2, 0.25) is 0 Å². The van der Waals surface area contributed by atoms with E-state index in [0.717, 1.165) is 51.1 Å². The molecule has 23 heavy (non-hydrogen) atoms. The summed E-state index contributed by atoms with van der Waals surface area (Å²) >= 11 is 1.65. The number of hydrogen-bond acceptors (Lipinski definition) is 5. The predicted octanol–water partition coefficient (Wildman–Crippen LogP) is 4.03. The third-order valence-electron chi connectivity index (χ3n) is 3.75. The molecule has 0 atom stereocenters. The van der Waals surface area contributed by atoms with Gasteiger partial charge in [0.25, 0.3) is 0 Å². The Morgan fingerprint density at radius 3 is 2.87 bits per heavy atom. The molecule has 0 saturated carbocycles. The second-order valence-corrected chi connectivity index (χ2v) is 6.32. The number of hydrogen-bond donors (Lipinski definition) is 0. The first-order chi connectivity index (χ1) is 11.3. The molecule has 0 spiro atoms. The summed E-state index contributed by atoms with van der Waals surface area (Å²) in [6, 6.07) is 10.0. The van der Waals surface area contributed by atoms with Crippen molar-refractivity contribution >= 4 is 28.4 Å². The van der Waals surface area contributed by atoms with E-state index in [4.69, 9.17) is 4.42 Å². The van der Waals surface area contributed by atoms with Gasteiger partial charge in [-0.3, -0.25) is 9.38 Å². The summed E-state index contributed by atoms with van der Waals surface area (Å²) in [5, 5.41) is 9.71. The van der Waals surface area contributed by atoms with Gasteiger partial charge < -0.3 is 4.42 Å². The van der Waals surface area contributed by atoms with E-state index in [9.17, 15) is 0 Å². The Morgan fingerprint density at radius 2 is 2.09 bits per heavy atom. The van der Waals surface area contributed by atoms with E-state index in [1.165, 1.54) is 0 Å². The lowest BCUT2D eigenvalue weighted by atomic mass is 10.4. The van der Waals surface area contributed by atoms with E-state index in [1.54, 1.807) is 11.8 Å². The molecule has 0 fully saturated rings. The average molecular weight is 324 g/mol. The molecule has 4 heterocycles. The highest BCUT2D eigenvalue weighted by atomic mass is 32.2. The van der Waals surface area contributed by atoms with Gasteiger partial charge in [0, 0.05) is 30.5 Å². The van der Waals surface area contributed by atoms with Crippen molar-refractivity contribution in [2.75, 3.05) is 0 Å². The van der Waals surface area contributed by atoms with Crippen LogP contribution in [0.4, 0.5) is 0 Å². The van der Waals surface area contributed by atoms with Crippen molar-refractivity contribution in [3.05, 3.63) is 53.8 Å². The van der Waals surface area contributed by atoms with Crippen LogP contribution in [0.5, 0.6) is 0 Å². The van der Waals surface area contributed by atoms with Crippen LogP contribution in [0, 0.1) is 6.92 Å². The van der Waals surface area contributed by atoms with Crippen molar-refractivity contribution in [1.82, 2.24) is 19.6 Å². The van der Waals surface area contributed by atoms with Gasteiger partial charge in [0.05, 0.1) is 16.7 Å². The van der Waals surface area contributed by atoms with E-state index < -0.39 is 0 Å². The molecule has 0 bridgehead atoms. The van der Waals surface area contributed by atoms with E-state index in [-0.39, 0.29) is 0 Å². The van der Waals surface area contributed by atoms with Gasteiger partial charge in [0.15, 0.2) is 5.58 Å². The minimum atomic E-state index is 0.766. The normalized spacial score (nSPS) is 11.6. The van der Waals surface area contributed by atoms with Crippen molar-refractivity contribution in [1.29, 1.82) is 0 Å². The molecular weight excluding hydrogens is 308 g/mol. The van der Waals surface area contributed by atoms with Gasteiger partial charge in [-0.1, -0.05) is 24.8 Å². The Morgan fingerprint density at radius 1 is 1.17 bits per heavy atom. The maximum absolute atomic E-state index is 5.77. The minimum absolute atomic E-state index is 0.766. The fourth-order valence-electron chi connectivity index (χ4n) is 2.71. The fraction of sp³-hybridized carbons (Fsp3) is 0.235. The maximum Gasteiger partial charge on any atom is 0.153 e.